The van der Waals surface area contributed by atoms with Crippen molar-refractivity contribution in [2.24, 2.45) is 4.99 Å². The van der Waals surface area contributed by atoms with Crippen LogP contribution in [0.15, 0.2) is 92.7 Å². The zero-order chi connectivity index (χ0) is 29.8. The molecule has 0 fully saturated rings. The quantitative estimate of drug-likeness (QED) is 0.192. The molecule has 0 amide bonds. The molecule has 0 saturated heterocycles. The smallest absolute Gasteiger partial charge is 0.338 e. The Morgan fingerprint density at radius 1 is 1.10 bits per heavy atom. The lowest BCUT2D eigenvalue weighted by Crippen LogP contribution is -2.39. The number of rotatable bonds is 9. The van der Waals surface area contributed by atoms with Gasteiger partial charge in [0.05, 0.1) is 35.6 Å². The number of carbonyl (C=O) groups is 1. The third-order valence-corrected chi connectivity index (χ3v) is 8.47. The van der Waals surface area contributed by atoms with Crippen LogP contribution in [0.2, 0.25) is 0 Å². The van der Waals surface area contributed by atoms with Crippen molar-refractivity contribution >= 4 is 35.1 Å². The molecule has 0 unspecified atom stereocenters. The van der Waals surface area contributed by atoms with Gasteiger partial charge in [-0.05, 0) is 79.3 Å². The van der Waals surface area contributed by atoms with Gasteiger partial charge in [0.1, 0.15) is 12.4 Å². The second-order valence-corrected chi connectivity index (χ2v) is 11.3. The number of halogens is 1. The third kappa shape index (κ3) is 6.05. The molecular weight excluding hydrogens is 575 g/mol. The van der Waals surface area contributed by atoms with E-state index < -0.39 is 12.0 Å². The number of esters is 1. The van der Waals surface area contributed by atoms with E-state index in [4.69, 9.17) is 14.2 Å². The summed E-state index contributed by atoms with van der Waals surface area (Å²) in [6, 6.07) is 18.6. The largest absolute Gasteiger partial charge is 0.493 e. The number of allylic oxidation sites excluding steroid dienone is 1. The maximum absolute atomic E-state index is 13.9. The number of methoxy groups -OCH3 is 1. The monoisotopic (exact) mass is 604 g/mol. The summed E-state index contributed by atoms with van der Waals surface area (Å²) in [5.74, 6) is 0.209. The molecule has 1 aliphatic rings. The standard InChI is InChI=1S/C32H29FN2O5S2/c1-5-39-31(37)28-19(2)34-32-35(29(28)22-9-13-24(41-4)14-10-22)30(36)27(42-32)17-21-8-15-25(26(16-21)38-3)40-18-20-6-11-23(33)12-7-20/h6-17,29H,5,18H2,1-4H3/b27-17-/t29-/m1/s1. The van der Waals surface area contributed by atoms with Crippen LogP contribution in [0, 0.1) is 5.82 Å². The Kier molecular flexibility index (Phi) is 8.94. The Bertz CT molecular complexity index is 1830. The van der Waals surface area contributed by atoms with Crippen LogP contribution in [0.4, 0.5) is 4.39 Å². The van der Waals surface area contributed by atoms with Gasteiger partial charge < -0.3 is 14.2 Å². The minimum atomic E-state index is -0.671. The summed E-state index contributed by atoms with van der Waals surface area (Å²) < 4.78 is 32.1. The number of hydrogen-bond acceptors (Lipinski definition) is 8. The lowest BCUT2D eigenvalue weighted by atomic mass is 9.96. The molecule has 0 N–H and O–H groups in total. The minimum absolute atomic E-state index is 0.212. The first-order valence-corrected chi connectivity index (χ1v) is 15.3. The number of fused-ring (bicyclic) bond motifs is 1. The molecule has 10 heteroatoms. The lowest BCUT2D eigenvalue weighted by Gasteiger charge is -2.24. The van der Waals surface area contributed by atoms with Crippen molar-refractivity contribution in [2.75, 3.05) is 20.0 Å². The summed E-state index contributed by atoms with van der Waals surface area (Å²) in [6.45, 7) is 3.97. The molecule has 5 rings (SSSR count). The highest BCUT2D eigenvalue weighted by Gasteiger charge is 2.33. The van der Waals surface area contributed by atoms with Crippen molar-refractivity contribution in [2.45, 2.75) is 31.4 Å². The van der Waals surface area contributed by atoms with Crippen LogP contribution in [0.3, 0.4) is 0 Å². The maximum Gasteiger partial charge on any atom is 0.338 e. The molecule has 0 spiro atoms. The van der Waals surface area contributed by atoms with Gasteiger partial charge in [-0.2, -0.15) is 0 Å². The summed E-state index contributed by atoms with van der Waals surface area (Å²) in [4.78, 5) is 33.2. The molecule has 42 heavy (non-hydrogen) atoms. The molecule has 0 bridgehead atoms. The van der Waals surface area contributed by atoms with Crippen molar-refractivity contribution in [3.05, 3.63) is 120 Å². The van der Waals surface area contributed by atoms with Crippen LogP contribution in [-0.2, 0) is 16.1 Å². The first-order chi connectivity index (χ1) is 20.3. The molecule has 0 radical (unpaired) electrons. The average Bonchev–Trinajstić information content (AvgIpc) is 3.30. The number of thioether (sulfide) groups is 1. The van der Waals surface area contributed by atoms with E-state index in [0.717, 1.165) is 21.6 Å². The van der Waals surface area contributed by atoms with E-state index in [0.29, 0.717) is 32.1 Å². The molecule has 0 saturated carbocycles. The van der Waals surface area contributed by atoms with Gasteiger partial charge in [-0.1, -0.05) is 41.7 Å². The van der Waals surface area contributed by atoms with Gasteiger partial charge in [0.25, 0.3) is 5.56 Å². The average molecular weight is 605 g/mol. The molecule has 1 atom stereocenters. The van der Waals surface area contributed by atoms with Gasteiger partial charge in [-0.15, -0.1) is 11.8 Å². The van der Waals surface area contributed by atoms with E-state index in [-0.39, 0.29) is 24.6 Å². The highest BCUT2D eigenvalue weighted by Crippen LogP contribution is 2.32. The van der Waals surface area contributed by atoms with Crippen molar-refractivity contribution in [3.8, 4) is 11.5 Å². The summed E-state index contributed by atoms with van der Waals surface area (Å²) in [7, 11) is 1.54. The van der Waals surface area contributed by atoms with E-state index >= 15 is 0 Å². The number of nitrogens with zero attached hydrogens (tertiary/aromatic N) is 2. The van der Waals surface area contributed by atoms with Crippen molar-refractivity contribution in [3.63, 3.8) is 0 Å². The highest BCUT2D eigenvalue weighted by atomic mass is 32.2. The zero-order valence-corrected chi connectivity index (χ0v) is 25.2. The topological polar surface area (TPSA) is 79.1 Å². The molecule has 3 aromatic carbocycles. The van der Waals surface area contributed by atoms with Crippen molar-refractivity contribution in [1.29, 1.82) is 0 Å². The summed E-state index contributed by atoms with van der Waals surface area (Å²) in [6.07, 6.45) is 3.76. The number of benzene rings is 3. The zero-order valence-electron chi connectivity index (χ0n) is 23.5. The molecule has 2 heterocycles. The van der Waals surface area contributed by atoms with Crippen LogP contribution in [0.5, 0.6) is 11.5 Å². The second kappa shape index (κ2) is 12.8. The lowest BCUT2D eigenvalue weighted by molar-refractivity contribution is -0.139. The van der Waals surface area contributed by atoms with Crippen LogP contribution in [-0.4, -0.2) is 30.5 Å². The first kappa shape index (κ1) is 29.3. The Labute approximate surface area is 250 Å². The van der Waals surface area contributed by atoms with E-state index in [1.807, 2.05) is 36.6 Å². The summed E-state index contributed by atoms with van der Waals surface area (Å²) in [5, 5.41) is 0. The highest BCUT2D eigenvalue weighted by molar-refractivity contribution is 7.98. The molecule has 4 aromatic rings. The predicted octanol–water partition coefficient (Wildman–Crippen LogP) is 5.25. The molecular formula is C32H29FN2O5S2. The normalized spacial score (nSPS) is 14.8. The van der Waals surface area contributed by atoms with Gasteiger partial charge in [0.15, 0.2) is 16.3 Å². The maximum atomic E-state index is 13.9. The van der Waals surface area contributed by atoms with E-state index in [1.165, 1.54) is 23.5 Å². The fraction of sp³-hybridized carbons (Fsp3) is 0.219. The van der Waals surface area contributed by atoms with Gasteiger partial charge in [0, 0.05) is 4.90 Å². The molecule has 7 nitrogen and oxygen atoms in total. The summed E-state index contributed by atoms with van der Waals surface area (Å²) in [5.41, 5.74) is 2.94. The van der Waals surface area contributed by atoms with Crippen LogP contribution < -0.4 is 24.4 Å². The third-order valence-electron chi connectivity index (χ3n) is 6.74. The Balaban J connectivity index is 1.53. The number of hydrogen-bond donors (Lipinski definition) is 0. The van der Waals surface area contributed by atoms with Crippen molar-refractivity contribution in [1.82, 2.24) is 4.57 Å². The van der Waals surface area contributed by atoms with Gasteiger partial charge >= 0.3 is 5.97 Å². The van der Waals surface area contributed by atoms with E-state index in [2.05, 4.69) is 4.99 Å². The Hall–Kier alpha value is -4.15. The molecule has 216 valence electrons. The molecule has 1 aliphatic heterocycles. The number of carbonyl (C=O) groups excluding carboxylic acids is 1. The number of thiazole rings is 1. The first-order valence-electron chi connectivity index (χ1n) is 13.2. The van der Waals surface area contributed by atoms with Gasteiger partial charge in [-0.25, -0.2) is 14.2 Å². The minimum Gasteiger partial charge on any atom is -0.493 e. The van der Waals surface area contributed by atoms with Crippen LogP contribution in [0.25, 0.3) is 6.08 Å². The number of ether oxygens (including phenoxy) is 3. The van der Waals surface area contributed by atoms with Crippen molar-refractivity contribution < 1.29 is 23.4 Å². The van der Waals surface area contributed by atoms with E-state index in [1.54, 1.807) is 67.6 Å². The van der Waals surface area contributed by atoms with Gasteiger partial charge in [0.2, 0.25) is 0 Å². The SMILES string of the molecule is CCOC(=O)C1=C(C)N=c2s/c(=C\c3ccc(OCc4ccc(F)cc4)c(OC)c3)c(=O)n2[C@@H]1c1ccc(SC)cc1. The van der Waals surface area contributed by atoms with Gasteiger partial charge in [-0.3, -0.25) is 9.36 Å². The van der Waals surface area contributed by atoms with Crippen LogP contribution in [0.1, 0.15) is 36.6 Å². The van der Waals surface area contributed by atoms with Crippen LogP contribution >= 0.6 is 23.1 Å². The van der Waals surface area contributed by atoms with E-state index in [9.17, 15) is 14.0 Å². The second-order valence-electron chi connectivity index (χ2n) is 9.40. The Morgan fingerprint density at radius 2 is 1.83 bits per heavy atom. The molecule has 0 aliphatic carbocycles. The Morgan fingerprint density at radius 3 is 2.50 bits per heavy atom. The fourth-order valence-electron chi connectivity index (χ4n) is 4.68. The predicted molar refractivity (Wildman–Crippen MR) is 162 cm³/mol. The number of aromatic nitrogens is 1. The molecule has 1 aromatic heterocycles. The fourth-order valence-corrected chi connectivity index (χ4v) is 6.13. The summed E-state index contributed by atoms with van der Waals surface area (Å²) >= 11 is 2.87.